The van der Waals surface area contributed by atoms with E-state index in [0.717, 1.165) is 13.8 Å². The summed E-state index contributed by atoms with van der Waals surface area (Å²) in [5, 5.41) is 18.7. The minimum absolute atomic E-state index is 0. The van der Waals surface area contributed by atoms with Crippen LogP contribution in [0.25, 0.3) is 0 Å². The zero-order valence-electron chi connectivity index (χ0n) is 11.2. The Morgan fingerprint density at radius 2 is 1.10 bits per heavy atom. The van der Waals surface area contributed by atoms with Gasteiger partial charge in [0, 0.05) is 5.56 Å². The molecular formula is C8H8Na2O8S2. The zero-order chi connectivity index (χ0) is 14.5. The molecule has 0 aliphatic heterocycles. The normalized spacial score (nSPS) is 11.4. The van der Waals surface area contributed by atoms with Crippen molar-refractivity contribution in [1.82, 2.24) is 0 Å². The van der Waals surface area contributed by atoms with Crippen LogP contribution in [0.3, 0.4) is 0 Å². The Hall–Kier alpha value is 0.640. The van der Waals surface area contributed by atoms with E-state index in [9.17, 15) is 36.2 Å². The number of rotatable bonds is 2. The number of benzene rings is 1. The van der Waals surface area contributed by atoms with Gasteiger partial charge in [-0.05, 0) is 19.4 Å². The summed E-state index contributed by atoms with van der Waals surface area (Å²) in [6.07, 6.45) is 0. The predicted octanol–water partition coefficient (Wildman–Crippen LogP) is -6.47. The first-order chi connectivity index (χ1) is 7.89. The third kappa shape index (κ3) is 4.32. The smallest absolute Gasteiger partial charge is 0.744 e. The molecule has 1 aromatic carbocycles. The second kappa shape index (κ2) is 7.27. The van der Waals surface area contributed by atoms with Gasteiger partial charge in [-0.2, -0.15) is 0 Å². The fourth-order valence-electron chi connectivity index (χ4n) is 1.64. The molecule has 0 bridgehead atoms. The van der Waals surface area contributed by atoms with Gasteiger partial charge in [0.25, 0.3) is 0 Å². The molecule has 1 rings (SSSR count). The third-order valence-electron chi connectivity index (χ3n) is 2.32. The van der Waals surface area contributed by atoms with Crippen molar-refractivity contribution in [3.63, 3.8) is 0 Å². The first kappa shape index (κ1) is 22.9. The van der Waals surface area contributed by atoms with E-state index in [1.54, 1.807) is 0 Å². The number of hydrogen-bond donors (Lipinski definition) is 2. The fourth-order valence-corrected chi connectivity index (χ4v) is 3.46. The van der Waals surface area contributed by atoms with Crippen LogP contribution in [0.15, 0.2) is 9.79 Å². The summed E-state index contributed by atoms with van der Waals surface area (Å²) >= 11 is 0. The van der Waals surface area contributed by atoms with E-state index in [0.29, 0.717) is 0 Å². The van der Waals surface area contributed by atoms with Crippen molar-refractivity contribution in [2.75, 3.05) is 0 Å². The molecule has 0 unspecified atom stereocenters. The second-order valence-electron chi connectivity index (χ2n) is 3.51. The number of phenolic OH excluding ortho intramolecular Hbond substituents is 2. The van der Waals surface area contributed by atoms with Gasteiger partial charge >= 0.3 is 59.1 Å². The van der Waals surface area contributed by atoms with Crippen LogP contribution in [0.2, 0.25) is 0 Å². The summed E-state index contributed by atoms with van der Waals surface area (Å²) in [5.41, 5.74) is -1.24. The molecule has 0 aliphatic rings. The van der Waals surface area contributed by atoms with Crippen LogP contribution in [0, 0.1) is 13.8 Å². The minimum atomic E-state index is -5.25. The van der Waals surface area contributed by atoms with Gasteiger partial charge in [0.05, 0.1) is 4.90 Å². The molecule has 0 radical (unpaired) electrons. The van der Waals surface area contributed by atoms with Gasteiger partial charge in [0.15, 0.2) is 11.5 Å². The quantitative estimate of drug-likeness (QED) is 0.305. The molecule has 20 heavy (non-hydrogen) atoms. The monoisotopic (exact) mass is 342 g/mol. The molecule has 0 fully saturated rings. The van der Waals surface area contributed by atoms with Crippen LogP contribution in [-0.4, -0.2) is 36.2 Å². The van der Waals surface area contributed by atoms with Crippen LogP contribution < -0.4 is 59.1 Å². The molecule has 0 amide bonds. The van der Waals surface area contributed by atoms with Gasteiger partial charge in [-0.25, -0.2) is 16.8 Å². The van der Waals surface area contributed by atoms with Crippen molar-refractivity contribution >= 4 is 20.2 Å². The number of phenols is 2. The molecule has 12 heteroatoms. The maximum Gasteiger partial charge on any atom is 1.00 e. The fraction of sp³-hybridized carbons (Fsp3) is 0.250. The van der Waals surface area contributed by atoms with Gasteiger partial charge in [-0.1, -0.05) is 0 Å². The Balaban J connectivity index is 0. The Kier molecular flexibility index (Phi) is 8.33. The number of hydrogen-bond acceptors (Lipinski definition) is 8. The average molecular weight is 342 g/mol. The van der Waals surface area contributed by atoms with Gasteiger partial charge in [-0.3, -0.25) is 0 Å². The van der Waals surface area contributed by atoms with Crippen LogP contribution >= 0.6 is 0 Å². The second-order valence-corrected chi connectivity index (χ2v) is 6.15. The van der Waals surface area contributed by atoms with Crippen molar-refractivity contribution in [3.8, 4) is 11.5 Å². The maximum atomic E-state index is 11.0. The standard InChI is InChI=1S/C8H10O8S2.2Na/c1-3-5(9)6(10)8(18(14,15)16)4(2)7(3)17(11,12)13;;/h9-10H,1-2H3,(H,11,12,13)(H,14,15,16);;/q;2*+1/p-2. The maximum absolute atomic E-state index is 11.0. The zero-order valence-corrected chi connectivity index (χ0v) is 16.8. The molecule has 102 valence electrons. The molecule has 2 N–H and O–H groups in total. The molecule has 1 aromatic rings. The molecule has 8 nitrogen and oxygen atoms in total. The summed E-state index contributed by atoms with van der Waals surface area (Å²) in [7, 11) is -10.4. The van der Waals surface area contributed by atoms with E-state index in [2.05, 4.69) is 0 Å². The topological polar surface area (TPSA) is 155 Å². The summed E-state index contributed by atoms with van der Waals surface area (Å²) in [4.78, 5) is -2.35. The first-order valence-corrected chi connectivity index (χ1v) is 7.17. The first-order valence-electron chi connectivity index (χ1n) is 4.36. The SMILES string of the molecule is Cc1c(O)c(O)c(S(=O)(=O)[O-])c(C)c1S(=O)(=O)[O-].[Na+].[Na+]. The molecule has 0 atom stereocenters. The molecular weight excluding hydrogens is 334 g/mol. The van der Waals surface area contributed by atoms with Crippen molar-refractivity contribution in [2.24, 2.45) is 0 Å². The number of aromatic hydroxyl groups is 2. The van der Waals surface area contributed by atoms with Gasteiger partial charge in [-0.15, -0.1) is 0 Å². The molecule has 0 heterocycles. The minimum Gasteiger partial charge on any atom is -0.744 e. The molecule has 0 spiro atoms. The van der Waals surface area contributed by atoms with E-state index in [4.69, 9.17) is 0 Å². The van der Waals surface area contributed by atoms with E-state index in [1.807, 2.05) is 0 Å². The molecule has 0 saturated carbocycles. The van der Waals surface area contributed by atoms with Crippen molar-refractivity contribution in [1.29, 1.82) is 0 Å². The summed E-state index contributed by atoms with van der Waals surface area (Å²) in [6, 6.07) is 0. The molecule has 0 aromatic heterocycles. The van der Waals surface area contributed by atoms with Crippen LogP contribution in [0.1, 0.15) is 11.1 Å². The van der Waals surface area contributed by atoms with Gasteiger partial charge in [0.2, 0.25) is 0 Å². The Labute approximate surface area is 160 Å². The van der Waals surface area contributed by atoms with E-state index >= 15 is 0 Å². The van der Waals surface area contributed by atoms with Crippen LogP contribution in [0.4, 0.5) is 0 Å². The molecule has 0 saturated heterocycles. The van der Waals surface area contributed by atoms with Crippen molar-refractivity contribution in [3.05, 3.63) is 11.1 Å². The van der Waals surface area contributed by atoms with E-state index < -0.39 is 52.7 Å². The average Bonchev–Trinajstić information content (AvgIpc) is 2.09. The van der Waals surface area contributed by atoms with E-state index in [-0.39, 0.29) is 59.1 Å². The van der Waals surface area contributed by atoms with E-state index in [1.165, 1.54) is 0 Å². The summed E-state index contributed by atoms with van der Waals surface area (Å²) < 4.78 is 65.6. The predicted molar refractivity (Wildman–Crippen MR) is 55.2 cm³/mol. The summed E-state index contributed by atoms with van der Waals surface area (Å²) in [5.74, 6) is -2.41. The third-order valence-corrected chi connectivity index (χ3v) is 4.43. The van der Waals surface area contributed by atoms with Crippen molar-refractivity contribution in [2.45, 2.75) is 23.6 Å². The Morgan fingerprint density at radius 1 is 0.750 bits per heavy atom. The molecule has 0 aliphatic carbocycles. The summed E-state index contributed by atoms with van der Waals surface area (Å²) in [6.45, 7) is 1.87. The van der Waals surface area contributed by atoms with Crippen LogP contribution in [-0.2, 0) is 20.2 Å². The van der Waals surface area contributed by atoms with Crippen molar-refractivity contribution < 1.29 is 95.3 Å². The Morgan fingerprint density at radius 3 is 1.40 bits per heavy atom. The Bertz CT molecular complexity index is 664. The van der Waals surface area contributed by atoms with Crippen LogP contribution in [0.5, 0.6) is 11.5 Å². The van der Waals surface area contributed by atoms with Gasteiger partial charge < -0.3 is 19.3 Å². The van der Waals surface area contributed by atoms with Gasteiger partial charge in [0.1, 0.15) is 25.1 Å². The largest absolute Gasteiger partial charge is 1.00 e.